The van der Waals surface area contributed by atoms with Crippen molar-refractivity contribution < 1.29 is 0 Å². The number of nitrogen functional groups attached to an aromatic ring is 1. The number of hydrogen-bond donors (Lipinski definition) is 1. The molecule has 3 aromatic rings. The Hall–Kier alpha value is -2.93. The number of nitrogens with zero attached hydrogens (tertiary/aromatic N) is 5. The molecule has 0 aromatic carbocycles. The predicted molar refractivity (Wildman–Crippen MR) is 139 cm³/mol. The highest BCUT2D eigenvalue weighted by molar-refractivity contribution is 9.10. The van der Waals surface area contributed by atoms with Crippen LogP contribution in [0, 0.1) is 0 Å². The SMILES string of the molecule is C=C/C=C\C(=C/C)c1ccc(-c2cnn3c(N)c(Br)c(N4CCCCC4)nc23)cn1.CC. The molecule has 4 heterocycles. The van der Waals surface area contributed by atoms with Gasteiger partial charge in [-0.2, -0.15) is 9.61 Å². The molecule has 7 heteroatoms. The first-order chi connectivity index (χ1) is 15.6. The molecule has 4 rings (SSSR count). The average Bonchev–Trinajstić information content (AvgIpc) is 3.28. The van der Waals surface area contributed by atoms with Crippen molar-refractivity contribution in [1.29, 1.82) is 0 Å². The first kappa shape index (κ1) is 23.7. The van der Waals surface area contributed by atoms with Gasteiger partial charge >= 0.3 is 0 Å². The molecule has 1 aliphatic rings. The van der Waals surface area contributed by atoms with Gasteiger partial charge in [0.2, 0.25) is 0 Å². The molecule has 0 saturated carbocycles. The highest BCUT2D eigenvalue weighted by Crippen LogP contribution is 2.35. The van der Waals surface area contributed by atoms with Gasteiger partial charge < -0.3 is 10.6 Å². The van der Waals surface area contributed by atoms with Crippen LogP contribution in [0.1, 0.15) is 45.7 Å². The minimum Gasteiger partial charge on any atom is -0.383 e. The summed E-state index contributed by atoms with van der Waals surface area (Å²) >= 11 is 3.63. The van der Waals surface area contributed by atoms with Crippen molar-refractivity contribution in [3.05, 3.63) is 65.6 Å². The monoisotopic (exact) mass is 494 g/mol. The zero-order valence-corrected chi connectivity index (χ0v) is 20.6. The molecule has 0 amide bonds. The van der Waals surface area contributed by atoms with Gasteiger partial charge in [-0.1, -0.05) is 50.8 Å². The summed E-state index contributed by atoms with van der Waals surface area (Å²) in [4.78, 5) is 11.9. The fourth-order valence-electron chi connectivity index (χ4n) is 3.73. The van der Waals surface area contributed by atoms with Crippen molar-refractivity contribution in [1.82, 2.24) is 19.6 Å². The van der Waals surface area contributed by atoms with Crippen molar-refractivity contribution in [2.24, 2.45) is 0 Å². The van der Waals surface area contributed by atoms with Crippen molar-refractivity contribution in [3.63, 3.8) is 0 Å². The predicted octanol–water partition coefficient (Wildman–Crippen LogP) is 6.30. The van der Waals surface area contributed by atoms with Crippen LogP contribution >= 0.6 is 15.9 Å². The number of nitrogens with two attached hydrogens (primary N) is 1. The van der Waals surface area contributed by atoms with Gasteiger partial charge in [-0.15, -0.1) is 0 Å². The normalized spacial score (nSPS) is 14.5. The van der Waals surface area contributed by atoms with Crippen molar-refractivity contribution in [2.45, 2.75) is 40.0 Å². The molecule has 0 atom stereocenters. The number of allylic oxidation sites excluding steroid dienone is 5. The maximum absolute atomic E-state index is 6.39. The van der Waals surface area contributed by atoms with Crippen LogP contribution in [0.3, 0.4) is 0 Å². The zero-order chi connectivity index (χ0) is 23.1. The molecule has 0 radical (unpaired) electrons. The van der Waals surface area contributed by atoms with Crippen LogP contribution in [0.4, 0.5) is 11.6 Å². The van der Waals surface area contributed by atoms with Crippen molar-refractivity contribution >= 4 is 38.8 Å². The highest BCUT2D eigenvalue weighted by Gasteiger charge is 2.21. The minimum atomic E-state index is 0.558. The summed E-state index contributed by atoms with van der Waals surface area (Å²) in [5.74, 6) is 1.44. The second kappa shape index (κ2) is 11.1. The lowest BCUT2D eigenvalue weighted by atomic mass is 10.1. The molecule has 0 bridgehead atoms. The lowest BCUT2D eigenvalue weighted by Crippen LogP contribution is -2.31. The van der Waals surface area contributed by atoms with Crippen LogP contribution in [0.25, 0.3) is 22.3 Å². The Kier molecular flexibility index (Phi) is 8.22. The molecule has 0 unspecified atom stereocenters. The first-order valence-corrected chi connectivity index (χ1v) is 11.9. The van der Waals surface area contributed by atoms with Crippen LogP contribution in [-0.2, 0) is 0 Å². The van der Waals surface area contributed by atoms with E-state index in [9.17, 15) is 0 Å². The molecule has 0 spiro atoms. The fourth-order valence-corrected chi connectivity index (χ4v) is 4.23. The molecule has 1 saturated heterocycles. The number of fused-ring (bicyclic) bond motifs is 1. The molecular formula is C25H31BrN6. The van der Waals surface area contributed by atoms with Crippen molar-refractivity contribution in [2.75, 3.05) is 23.7 Å². The van der Waals surface area contributed by atoms with Crippen molar-refractivity contribution in [3.8, 4) is 11.1 Å². The molecule has 32 heavy (non-hydrogen) atoms. The first-order valence-electron chi connectivity index (χ1n) is 11.1. The standard InChI is InChI=1S/C23H25BrN6.C2H6/c1-3-5-9-16(4-2)19-11-10-17(14-26-19)18-15-27-30-21(25)20(24)23(28-22(18)30)29-12-7-6-8-13-29;1-2/h3-5,9-11,14-15H,1,6-8,12-13,25H2,2H3;1-2H3/b9-5-,16-4+;. The highest BCUT2D eigenvalue weighted by atomic mass is 79.9. The lowest BCUT2D eigenvalue weighted by Gasteiger charge is -2.29. The van der Waals surface area contributed by atoms with E-state index in [1.807, 2.05) is 57.3 Å². The number of hydrogen-bond acceptors (Lipinski definition) is 5. The van der Waals surface area contributed by atoms with E-state index in [0.29, 0.717) is 5.82 Å². The third-order valence-corrected chi connectivity index (χ3v) is 6.11. The number of anilines is 2. The molecule has 6 nitrogen and oxygen atoms in total. The third kappa shape index (κ3) is 4.78. The van der Waals surface area contributed by atoms with E-state index in [2.05, 4.69) is 37.5 Å². The number of halogens is 1. The Balaban J connectivity index is 0.00000141. The maximum Gasteiger partial charge on any atom is 0.167 e. The third-order valence-electron chi connectivity index (χ3n) is 5.35. The number of rotatable bonds is 5. The van der Waals surface area contributed by atoms with E-state index in [1.54, 1.807) is 16.8 Å². The Morgan fingerprint density at radius 2 is 1.91 bits per heavy atom. The fraction of sp³-hybridized carbons (Fsp3) is 0.320. The molecule has 1 fully saturated rings. The van der Waals surface area contributed by atoms with E-state index >= 15 is 0 Å². The Labute approximate surface area is 198 Å². The van der Waals surface area contributed by atoms with Crippen LogP contribution in [0.5, 0.6) is 0 Å². The topological polar surface area (TPSA) is 72.3 Å². The van der Waals surface area contributed by atoms with Gasteiger partial charge in [-0.25, -0.2) is 4.98 Å². The summed E-state index contributed by atoms with van der Waals surface area (Å²) in [7, 11) is 0. The van der Waals surface area contributed by atoms with Gasteiger partial charge in [0, 0.05) is 30.4 Å². The Bertz CT molecular complexity index is 1120. The molecule has 168 valence electrons. The summed E-state index contributed by atoms with van der Waals surface area (Å²) in [5.41, 5.74) is 10.9. The quantitative estimate of drug-likeness (QED) is 0.421. The summed E-state index contributed by atoms with van der Waals surface area (Å²) < 4.78 is 2.48. The van der Waals surface area contributed by atoms with E-state index < -0.39 is 0 Å². The van der Waals surface area contributed by atoms with Gasteiger partial charge in [-0.3, -0.25) is 4.98 Å². The van der Waals surface area contributed by atoms with E-state index in [4.69, 9.17) is 10.7 Å². The summed E-state index contributed by atoms with van der Waals surface area (Å²) in [5, 5.41) is 4.48. The van der Waals surface area contributed by atoms with Gasteiger partial charge in [0.1, 0.15) is 16.1 Å². The Morgan fingerprint density at radius 1 is 1.16 bits per heavy atom. The van der Waals surface area contributed by atoms with Gasteiger partial charge in [0.05, 0.1) is 11.9 Å². The zero-order valence-electron chi connectivity index (χ0n) is 19.1. The second-order valence-electron chi connectivity index (χ2n) is 7.25. The van der Waals surface area contributed by atoms with Crippen LogP contribution in [-0.4, -0.2) is 32.7 Å². The summed E-state index contributed by atoms with van der Waals surface area (Å²) in [6.07, 6.45) is 14.9. The van der Waals surface area contributed by atoms with E-state index in [-0.39, 0.29) is 0 Å². The largest absolute Gasteiger partial charge is 0.383 e. The smallest absolute Gasteiger partial charge is 0.167 e. The van der Waals surface area contributed by atoms with Crippen LogP contribution in [0.15, 0.2) is 59.9 Å². The summed E-state index contributed by atoms with van der Waals surface area (Å²) in [6, 6.07) is 4.06. The number of piperidine rings is 1. The van der Waals surface area contributed by atoms with Gasteiger partial charge in [0.25, 0.3) is 0 Å². The van der Waals surface area contributed by atoms with Gasteiger partial charge in [0.15, 0.2) is 5.65 Å². The molecule has 0 aliphatic carbocycles. The van der Waals surface area contributed by atoms with Crippen LogP contribution in [0.2, 0.25) is 0 Å². The van der Waals surface area contributed by atoms with Crippen LogP contribution < -0.4 is 10.6 Å². The van der Waals surface area contributed by atoms with E-state index in [1.165, 1.54) is 19.3 Å². The molecule has 3 aromatic heterocycles. The summed E-state index contributed by atoms with van der Waals surface area (Å²) in [6.45, 7) is 11.7. The maximum atomic E-state index is 6.39. The molecule has 2 N–H and O–H groups in total. The Morgan fingerprint density at radius 3 is 2.53 bits per heavy atom. The van der Waals surface area contributed by atoms with E-state index in [0.717, 1.165) is 51.4 Å². The lowest BCUT2D eigenvalue weighted by molar-refractivity contribution is 0.572. The number of aromatic nitrogens is 4. The number of pyridine rings is 1. The molecule has 1 aliphatic heterocycles. The minimum absolute atomic E-state index is 0.558. The second-order valence-corrected chi connectivity index (χ2v) is 8.04. The van der Waals surface area contributed by atoms with Gasteiger partial charge in [-0.05, 0) is 53.8 Å². The average molecular weight is 495 g/mol. The molecular weight excluding hydrogens is 464 g/mol.